The van der Waals surface area contributed by atoms with Crippen molar-refractivity contribution in [3.05, 3.63) is 9.66 Å². The van der Waals surface area contributed by atoms with Gasteiger partial charge in [0.2, 0.25) is 0 Å². The second-order valence-corrected chi connectivity index (χ2v) is 10.7. The molecule has 5 heteroatoms. The van der Waals surface area contributed by atoms with Crippen LogP contribution in [0.1, 0.15) is 27.7 Å². The van der Waals surface area contributed by atoms with E-state index in [1.165, 1.54) is 11.8 Å². The molecule has 0 saturated carbocycles. The monoisotopic (exact) mass is 374 g/mol. The Kier molecular flexibility index (Phi) is 8.67. The molecule has 0 radical (unpaired) electrons. The fourth-order valence-corrected chi connectivity index (χ4v) is 3.38. The van der Waals surface area contributed by atoms with E-state index in [2.05, 4.69) is 36.7 Å². The summed E-state index contributed by atoms with van der Waals surface area (Å²) in [5, 5.41) is 0. The second kappa shape index (κ2) is 8.48. The summed E-state index contributed by atoms with van der Waals surface area (Å²) in [6.45, 7) is 11.2. The van der Waals surface area contributed by atoms with Crippen LogP contribution in [0.2, 0.25) is 0 Å². The SMILES string of the molecule is CCN(CCS(C)(=O)=O)C/C(C)=C/[I-]C(C)C. The van der Waals surface area contributed by atoms with E-state index in [-0.39, 0.29) is 27.0 Å². The first kappa shape index (κ1) is 17.4. The van der Waals surface area contributed by atoms with Crippen molar-refractivity contribution in [2.75, 3.05) is 31.6 Å². The molecule has 0 fully saturated rings. The topological polar surface area (TPSA) is 37.4 Å². The van der Waals surface area contributed by atoms with Gasteiger partial charge in [-0.05, 0) is 0 Å². The Hall–Kier alpha value is 0.380. The van der Waals surface area contributed by atoms with Gasteiger partial charge in [-0.3, -0.25) is 0 Å². The normalized spacial score (nSPS) is 13.9. The molecule has 0 aliphatic heterocycles. The van der Waals surface area contributed by atoms with Gasteiger partial charge in [0.15, 0.2) is 0 Å². The fourth-order valence-electron chi connectivity index (χ4n) is 1.26. The molecular formula is C12H25INO2S-. The quantitative estimate of drug-likeness (QED) is 0.394. The van der Waals surface area contributed by atoms with Gasteiger partial charge in [0, 0.05) is 0 Å². The number of hydrogen-bond donors (Lipinski definition) is 0. The summed E-state index contributed by atoms with van der Waals surface area (Å²) in [4.78, 5) is 2.19. The second-order valence-electron chi connectivity index (χ2n) is 4.59. The van der Waals surface area contributed by atoms with Crippen molar-refractivity contribution in [2.45, 2.75) is 31.6 Å². The summed E-state index contributed by atoms with van der Waals surface area (Å²) in [7, 11) is -2.85. The van der Waals surface area contributed by atoms with Gasteiger partial charge < -0.3 is 0 Å². The Balaban J connectivity index is 4.17. The van der Waals surface area contributed by atoms with Crippen molar-refractivity contribution in [3.8, 4) is 0 Å². The molecule has 0 heterocycles. The van der Waals surface area contributed by atoms with E-state index in [4.69, 9.17) is 0 Å². The Labute approximate surface area is 117 Å². The third-order valence-electron chi connectivity index (χ3n) is 2.20. The number of nitrogens with zero attached hydrogens (tertiary/aromatic N) is 1. The maximum atomic E-state index is 11.1. The van der Waals surface area contributed by atoms with Crippen molar-refractivity contribution in [1.82, 2.24) is 4.90 Å². The molecule has 0 aliphatic carbocycles. The number of halogens is 1. The van der Waals surface area contributed by atoms with Crippen LogP contribution >= 0.6 is 0 Å². The van der Waals surface area contributed by atoms with Gasteiger partial charge in [-0.1, -0.05) is 0 Å². The molecule has 0 unspecified atom stereocenters. The number of likely N-dealkylation sites (N-methyl/N-ethyl adjacent to an activating group) is 1. The van der Waals surface area contributed by atoms with Gasteiger partial charge in [0.05, 0.1) is 0 Å². The van der Waals surface area contributed by atoms with Crippen LogP contribution in [0.3, 0.4) is 0 Å². The molecule has 104 valence electrons. The zero-order valence-corrected chi connectivity index (χ0v) is 14.5. The number of hydrogen-bond acceptors (Lipinski definition) is 3. The van der Waals surface area contributed by atoms with Crippen LogP contribution in [0.15, 0.2) is 9.66 Å². The summed E-state index contributed by atoms with van der Waals surface area (Å²) >= 11 is 0.148. The van der Waals surface area contributed by atoms with E-state index in [0.29, 0.717) is 6.54 Å². The van der Waals surface area contributed by atoms with E-state index < -0.39 is 9.84 Å². The van der Waals surface area contributed by atoms with Gasteiger partial charge in [-0.25, -0.2) is 0 Å². The van der Waals surface area contributed by atoms with Gasteiger partial charge >= 0.3 is 117 Å². The molecule has 0 N–H and O–H groups in total. The van der Waals surface area contributed by atoms with E-state index in [9.17, 15) is 8.42 Å². The predicted molar refractivity (Wildman–Crippen MR) is 70.7 cm³/mol. The maximum absolute atomic E-state index is 11.1. The van der Waals surface area contributed by atoms with E-state index in [0.717, 1.165) is 17.0 Å². The first-order chi connectivity index (χ1) is 7.74. The molecule has 0 aromatic carbocycles. The first-order valence-corrected chi connectivity index (χ1v) is 10.5. The molecular weight excluding hydrogens is 349 g/mol. The summed E-state index contributed by atoms with van der Waals surface area (Å²) in [6, 6.07) is 0. The van der Waals surface area contributed by atoms with Gasteiger partial charge in [-0.2, -0.15) is 0 Å². The molecule has 0 saturated heterocycles. The number of sulfone groups is 1. The Morgan fingerprint density at radius 1 is 1.41 bits per heavy atom. The van der Waals surface area contributed by atoms with Crippen molar-refractivity contribution in [2.24, 2.45) is 0 Å². The minimum atomic E-state index is -2.85. The minimum absolute atomic E-state index is 0.148. The average Bonchev–Trinajstić information content (AvgIpc) is 2.19. The number of alkyl halides is 1. The van der Waals surface area contributed by atoms with Gasteiger partial charge in [0.25, 0.3) is 0 Å². The summed E-state index contributed by atoms with van der Waals surface area (Å²) in [6.07, 6.45) is 1.30. The van der Waals surface area contributed by atoms with Crippen molar-refractivity contribution < 1.29 is 29.6 Å². The molecule has 17 heavy (non-hydrogen) atoms. The van der Waals surface area contributed by atoms with E-state index in [1.807, 2.05) is 0 Å². The third kappa shape index (κ3) is 11.2. The Bertz CT molecular complexity index is 336. The fraction of sp³-hybridized carbons (Fsp3) is 0.833. The van der Waals surface area contributed by atoms with E-state index >= 15 is 0 Å². The first-order valence-electron chi connectivity index (χ1n) is 5.92. The van der Waals surface area contributed by atoms with Crippen LogP contribution in [-0.4, -0.2) is 48.9 Å². The van der Waals surface area contributed by atoms with E-state index in [1.54, 1.807) is 0 Å². The molecule has 0 spiro atoms. The van der Waals surface area contributed by atoms with Gasteiger partial charge in [-0.15, -0.1) is 0 Å². The standard InChI is InChI=1S/C12H25INO2S/c1-6-14(7-8-17(5,15)16)10-12(4)9-13-11(2)3/h9,11H,6-8,10H2,1-5H3/q-1/b12-9+. The number of rotatable bonds is 8. The summed E-state index contributed by atoms with van der Waals surface area (Å²) < 4.78 is 25.4. The Morgan fingerprint density at radius 2 is 2.00 bits per heavy atom. The molecule has 3 nitrogen and oxygen atoms in total. The van der Waals surface area contributed by atoms with Crippen LogP contribution in [0.25, 0.3) is 0 Å². The summed E-state index contributed by atoms with van der Waals surface area (Å²) in [5.74, 6) is 0.257. The molecule has 0 amide bonds. The van der Waals surface area contributed by atoms with Crippen LogP contribution in [-0.2, 0) is 9.84 Å². The van der Waals surface area contributed by atoms with Gasteiger partial charge in [0.1, 0.15) is 0 Å². The van der Waals surface area contributed by atoms with Crippen molar-refractivity contribution >= 4 is 9.84 Å². The van der Waals surface area contributed by atoms with Crippen LogP contribution in [0, 0.1) is 0 Å². The zero-order chi connectivity index (χ0) is 13.5. The molecule has 0 aliphatic rings. The molecule has 0 aromatic heterocycles. The zero-order valence-electron chi connectivity index (χ0n) is 11.5. The van der Waals surface area contributed by atoms with Crippen LogP contribution < -0.4 is 21.2 Å². The molecule has 0 aromatic rings. The third-order valence-corrected chi connectivity index (χ3v) is 5.99. The molecule has 0 bridgehead atoms. The Morgan fingerprint density at radius 3 is 2.41 bits per heavy atom. The van der Waals surface area contributed by atoms with Crippen molar-refractivity contribution in [3.63, 3.8) is 0 Å². The van der Waals surface area contributed by atoms with Crippen molar-refractivity contribution in [1.29, 1.82) is 0 Å². The summed E-state index contributed by atoms with van der Waals surface area (Å²) in [5.41, 5.74) is 1.38. The van der Waals surface area contributed by atoms with Crippen LogP contribution in [0.5, 0.6) is 0 Å². The molecule has 0 rings (SSSR count). The average molecular weight is 374 g/mol. The predicted octanol–water partition coefficient (Wildman–Crippen LogP) is -1.25. The van der Waals surface area contributed by atoms with Crippen LogP contribution in [0.4, 0.5) is 0 Å². The molecule has 0 atom stereocenters.